The van der Waals surface area contributed by atoms with Crippen LogP contribution in [0.25, 0.3) is 0 Å². The lowest BCUT2D eigenvalue weighted by molar-refractivity contribution is -0.00529. The van der Waals surface area contributed by atoms with Crippen molar-refractivity contribution in [2.75, 3.05) is 53.1 Å². The predicted molar refractivity (Wildman–Crippen MR) is 85.6 cm³/mol. The zero-order chi connectivity index (χ0) is 15.5. The highest BCUT2D eigenvalue weighted by atomic mass is 16.5. The lowest BCUT2D eigenvalue weighted by atomic mass is 9.90. The van der Waals surface area contributed by atoms with Gasteiger partial charge in [0.15, 0.2) is 0 Å². The summed E-state index contributed by atoms with van der Waals surface area (Å²) in [6.45, 7) is 10.0. The fourth-order valence-electron chi connectivity index (χ4n) is 2.89. The Bertz CT molecular complexity index is 246. The molecule has 0 aliphatic carbocycles. The van der Waals surface area contributed by atoms with Gasteiger partial charge in [0.25, 0.3) is 0 Å². The molecule has 126 valence electrons. The van der Waals surface area contributed by atoms with E-state index in [0.29, 0.717) is 25.9 Å². The first-order chi connectivity index (χ1) is 10.2. The van der Waals surface area contributed by atoms with Crippen LogP contribution in [0.5, 0.6) is 0 Å². The van der Waals surface area contributed by atoms with Gasteiger partial charge in [-0.25, -0.2) is 0 Å². The summed E-state index contributed by atoms with van der Waals surface area (Å²) >= 11 is 0. The minimum Gasteiger partial charge on any atom is -0.389 e. The summed E-state index contributed by atoms with van der Waals surface area (Å²) in [5, 5.41) is 13.6. The van der Waals surface area contributed by atoms with Gasteiger partial charge in [-0.2, -0.15) is 0 Å². The van der Waals surface area contributed by atoms with E-state index in [4.69, 9.17) is 9.47 Å². The first-order valence-corrected chi connectivity index (χ1v) is 8.37. The highest BCUT2D eigenvalue weighted by molar-refractivity contribution is 4.80. The Kier molecular flexibility index (Phi) is 10.2. The third-order valence-electron chi connectivity index (χ3n) is 4.27. The summed E-state index contributed by atoms with van der Waals surface area (Å²) in [5.74, 6) is 0.767. The standard InChI is InChI=1S/C16H34N2O3/c1-4-7-17-14(2)15-5-8-18(9-6-15)12-16(19)13-21-11-10-20-3/h14-17,19H,4-13H2,1-3H3. The molecule has 21 heavy (non-hydrogen) atoms. The zero-order valence-electron chi connectivity index (χ0n) is 14.0. The molecule has 1 saturated heterocycles. The highest BCUT2D eigenvalue weighted by Crippen LogP contribution is 2.20. The van der Waals surface area contributed by atoms with Gasteiger partial charge in [0, 0.05) is 19.7 Å². The molecule has 1 heterocycles. The molecule has 0 radical (unpaired) electrons. The van der Waals surface area contributed by atoms with Crippen LogP contribution < -0.4 is 5.32 Å². The van der Waals surface area contributed by atoms with Crippen molar-refractivity contribution in [1.29, 1.82) is 0 Å². The van der Waals surface area contributed by atoms with Gasteiger partial charge in [0.2, 0.25) is 0 Å². The van der Waals surface area contributed by atoms with E-state index < -0.39 is 6.10 Å². The van der Waals surface area contributed by atoms with E-state index >= 15 is 0 Å². The van der Waals surface area contributed by atoms with Crippen LogP contribution in [0.1, 0.15) is 33.1 Å². The average Bonchev–Trinajstić information content (AvgIpc) is 2.50. The maximum atomic E-state index is 9.97. The lowest BCUT2D eigenvalue weighted by Gasteiger charge is -2.36. The molecule has 0 aromatic carbocycles. The van der Waals surface area contributed by atoms with Gasteiger partial charge in [0.1, 0.15) is 0 Å². The number of nitrogens with one attached hydrogen (secondary N) is 1. The normalized spacial score (nSPS) is 20.6. The molecule has 2 N–H and O–H groups in total. The number of hydrogen-bond acceptors (Lipinski definition) is 5. The van der Waals surface area contributed by atoms with Gasteiger partial charge in [-0.3, -0.25) is 0 Å². The summed E-state index contributed by atoms with van der Waals surface area (Å²) in [6.07, 6.45) is 3.23. The molecular weight excluding hydrogens is 268 g/mol. The van der Waals surface area contributed by atoms with Crippen molar-refractivity contribution in [3.63, 3.8) is 0 Å². The number of aliphatic hydroxyl groups is 1. The van der Waals surface area contributed by atoms with Gasteiger partial charge in [0.05, 0.1) is 25.9 Å². The molecule has 0 bridgehead atoms. The van der Waals surface area contributed by atoms with E-state index in [0.717, 1.165) is 32.1 Å². The quantitative estimate of drug-likeness (QED) is 0.560. The fourth-order valence-corrected chi connectivity index (χ4v) is 2.89. The molecule has 0 aromatic heterocycles. The Morgan fingerprint density at radius 1 is 1.29 bits per heavy atom. The maximum Gasteiger partial charge on any atom is 0.0900 e. The Morgan fingerprint density at radius 2 is 2.00 bits per heavy atom. The van der Waals surface area contributed by atoms with Gasteiger partial charge < -0.3 is 24.8 Å². The van der Waals surface area contributed by atoms with Crippen LogP contribution in [0.2, 0.25) is 0 Å². The monoisotopic (exact) mass is 302 g/mol. The largest absolute Gasteiger partial charge is 0.389 e. The number of nitrogens with zero attached hydrogens (tertiary/aromatic N) is 1. The van der Waals surface area contributed by atoms with Crippen molar-refractivity contribution in [3.05, 3.63) is 0 Å². The van der Waals surface area contributed by atoms with Crippen LogP contribution >= 0.6 is 0 Å². The van der Waals surface area contributed by atoms with Crippen molar-refractivity contribution >= 4 is 0 Å². The van der Waals surface area contributed by atoms with E-state index in [1.165, 1.54) is 19.3 Å². The minimum atomic E-state index is -0.394. The van der Waals surface area contributed by atoms with Crippen molar-refractivity contribution in [1.82, 2.24) is 10.2 Å². The summed E-state index contributed by atoms with van der Waals surface area (Å²) in [4.78, 5) is 2.35. The van der Waals surface area contributed by atoms with Crippen molar-refractivity contribution in [2.24, 2.45) is 5.92 Å². The number of piperidine rings is 1. The predicted octanol–water partition coefficient (Wildman–Crippen LogP) is 1.11. The molecule has 5 nitrogen and oxygen atoms in total. The van der Waals surface area contributed by atoms with E-state index in [-0.39, 0.29) is 0 Å². The second-order valence-corrected chi connectivity index (χ2v) is 6.10. The van der Waals surface area contributed by atoms with Gasteiger partial charge in [-0.05, 0) is 51.7 Å². The fraction of sp³-hybridized carbons (Fsp3) is 1.00. The third kappa shape index (κ3) is 8.12. The second-order valence-electron chi connectivity index (χ2n) is 6.10. The van der Waals surface area contributed by atoms with E-state index in [1.807, 2.05) is 0 Å². The molecule has 2 unspecified atom stereocenters. The number of likely N-dealkylation sites (tertiary alicyclic amines) is 1. The molecule has 0 aromatic rings. The number of aliphatic hydroxyl groups excluding tert-OH is 1. The summed E-state index contributed by atoms with van der Waals surface area (Å²) in [5.41, 5.74) is 0. The molecule has 5 heteroatoms. The number of ether oxygens (including phenoxy) is 2. The lowest BCUT2D eigenvalue weighted by Crippen LogP contribution is -2.44. The van der Waals surface area contributed by atoms with Gasteiger partial charge in [-0.1, -0.05) is 6.92 Å². The molecule has 1 fully saturated rings. The maximum absolute atomic E-state index is 9.97. The van der Waals surface area contributed by atoms with Crippen LogP contribution in [0, 0.1) is 5.92 Å². The molecule has 1 aliphatic rings. The smallest absolute Gasteiger partial charge is 0.0900 e. The van der Waals surface area contributed by atoms with Gasteiger partial charge >= 0.3 is 0 Å². The first-order valence-electron chi connectivity index (χ1n) is 8.37. The molecule has 0 amide bonds. The van der Waals surface area contributed by atoms with Crippen molar-refractivity contribution in [3.8, 4) is 0 Å². The first kappa shape index (κ1) is 18.8. The number of β-amino-alcohol motifs (C(OH)–C–C–N with tert-alkyl or cyclic N) is 1. The second kappa shape index (κ2) is 11.4. The SMILES string of the molecule is CCCNC(C)C1CCN(CC(O)COCCOC)CC1. The van der Waals surface area contributed by atoms with E-state index in [9.17, 15) is 5.11 Å². The molecule has 0 saturated carbocycles. The number of rotatable bonds is 11. The number of methoxy groups -OCH3 is 1. The van der Waals surface area contributed by atoms with Crippen LogP contribution in [0.4, 0.5) is 0 Å². The topological polar surface area (TPSA) is 54.0 Å². The molecular formula is C16H34N2O3. The van der Waals surface area contributed by atoms with Crippen LogP contribution in [-0.2, 0) is 9.47 Å². The Hall–Kier alpha value is -0.200. The highest BCUT2D eigenvalue weighted by Gasteiger charge is 2.24. The van der Waals surface area contributed by atoms with E-state index in [2.05, 4.69) is 24.1 Å². The Balaban J connectivity index is 2.12. The van der Waals surface area contributed by atoms with Crippen LogP contribution in [0.3, 0.4) is 0 Å². The molecule has 0 spiro atoms. The van der Waals surface area contributed by atoms with Crippen molar-refractivity contribution in [2.45, 2.75) is 45.3 Å². The molecule has 1 aliphatic heterocycles. The Morgan fingerprint density at radius 3 is 2.62 bits per heavy atom. The van der Waals surface area contributed by atoms with Crippen molar-refractivity contribution < 1.29 is 14.6 Å². The number of hydrogen-bond donors (Lipinski definition) is 2. The van der Waals surface area contributed by atoms with Crippen LogP contribution in [-0.4, -0.2) is 75.3 Å². The van der Waals surface area contributed by atoms with Gasteiger partial charge in [-0.15, -0.1) is 0 Å². The van der Waals surface area contributed by atoms with E-state index in [1.54, 1.807) is 7.11 Å². The molecule has 1 rings (SSSR count). The summed E-state index contributed by atoms with van der Waals surface area (Å²) < 4.78 is 10.3. The summed E-state index contributed by atoms with van der Waals surface area (Å²) in [7, 11) is 1.65. The third-order valence-corrected chi connectivity index (χ3v) is 4.27. The zero-order valence-corrected chi connectivity index (χ0v) is 14.0. The van der Waals surface area contributed by atoms with Crippen LogP contribution in [0.15, 0.2) is 0 Å². The minimum absolute atomic E-state index is 0.394. The molecule has 2 atom stereocenters. The Labute approximate surface area is 130 Å². The average molecular weight is 302 g/mol. The summed E-state index contributed by atoms with van der Waals surface area (Å²) in [6, 6.07) is 0.606.